The molecule has 2 N–H and O–H groups in total. The number of primary amides is 1. The van der Waals surface area contributed by atoms with Crippen molar-refractivity contribution in [1.82, 2.24) is 19.7 Å². The highest BCUT2D eigenvalue weighted by Crippen LogP contribution is 2.29. The molecule has 2 amide bonds. The molecule has 212 valence electrons. The van der Waals surface area contributed by atoms with Crippen LogP contribution in [-0.2, 0) is 26.9 Å². The minimum absolute atomic E-state index is 0.000631. The van der Waals surface area contributed by atoms with Crippen LogP contribution in [0.5, 0.6) is 11.5 Å². The van der Waals surface area contributed by atoms with Crippen LogP contribution in [0.15, 0.2) is 48.9 Å². The summed E-state index contributed by atoms with van der Waals surface area (Å²) in [5.74, 6) is -0.477. The fourth-order valence-electron chi connectivity index (χ4n) is 4.45. The van der Waals surface area contributed by atoms with E-state index in [-0.39, 0.29) is 42.5 Å². The van der Waals surface area contributed by atoms with E-state index < -0.39 is 28.0 Å². The molecule has 0 spiro atoms. The Labute approximate surface area is 231 Å². The first-order chi connectivity index (χ1) is 19.0. The highest BCUT2D eigenvalue weighted by molar-refractivity contribution is 7.89. The summed E-state index contributed by atoms with van der Waals surface area (Å²) in [5, 5.41) is 4.00. The van der Waals surface area contributed by atoms with Crippen molar-refractivity contribution in [2.24, 2.45) is 5.73 Å². The molecule has 5 rings (SSSR count). The average molecular weight is 572 g/mol. The molecule has 2 aliphatic rings. The number of alkyl halides is 1. The Balaban J connectivity index is 1.20. The number of nitrogens with zero attached hydrogens (tertiary/aromatic N) is 4. The summed E-state index contributed by atoms with van der Waals surface area (Å²) in [4.78, 5) is 30.7. The molecule has 1 aromatic carbocycles. The Hall–Kier alpha value is -4.00. The van der Waals surface area contributed by atoms with Gasteiger partial charge in [0.15, 0.2) is 21.8 Å². The second-order valence-corrected chi connectivity index (χ2v) is 12.3. The number of benzene rings is 1. The summed E-state index contributed by atoms with van der Waals surface area (Å²) in [6, 6.07) is 8.77. The number of ether oxygens (including phenoxy) is 2. The zero-order valence-corrected chi connectivity index (χ0v) is 22.7. The molecule has 1 aliphatic heterocycles. The number of rotatable bonds is 10. The average Bonchev–Trinajstić information content (AvgIpc) is 3.60. The maximum atomic E-state index is 15.1. The lowest BCUT2D eigenvalue weighted by Crippen LogP contribution is -2.49. The van der Waals surface area contributed by atoms with Crippen molar-refractivity contribution >= 4 is 21.7 Å². The van der Waals surface area contributed by atoms with Gasteiger partial charge in [-0.1, -0.05) is 12.1 Å². The van der Waals surface area contributed by atoms with Crippen molar-refractivity contribution in [2.75, 3.05) is 19.3 Å². The van der Waals surface area contributed by atoms with Gasteiger partial charge in [0.1, 0.15) is 17.7 Å². The summed E-state index contributed by atoms with van der Waals surface area (Å²) < 4.78 is 51.0. The molecule has 2 fully saturated rings. The minimum atomic E-state index is -3.30. The van der Waals surface area contributed by atoms with Crippen molar-refractivity contribution in [3.8, 4) is 22.8 Å². The molecule has 1 saturated heterocycles. The minimum Gasteiger partial charge on any atom is -0.490 e. The molecule has 1 saturated carbocycles. The molecular formula is C27H30FN5O6S. The van der Waals surface area contributed by atoms with Gasteiger partial charge in [0, 0.05) is 31.0 Å². The summed E-state index contributed by atoms with van der Waals surface area (Å²) in [7, 11) is -3.30. The van der Waals surface area contributed by atoms with Crippen molar-refractivity contribution in [1.29, 1.82) is 0 Å². The lowest BCUT2D eigenvalue weighted by atomic mass is 10.0. The normalized spacial score (nSPS) is 19.3. The highest BCUT2D eigenvalue weighted by Gasteiger charge is 2.34. The maximum absolute atomic E-state index is 15.1. The first-order valence-corrected chi connectivity index (χ1v) is 14.9. The van der Waals surface area contributed by atoms with E-state index in [9.17, 15) is 18.0 Å². The molecule has 3 heterocycles. The standard InChI is InChI=1S/C27H30FN5O6S/c1-40(36,37)16-33-14-18(12-31-33)23-11-21(27(29)35)25(13-30-23)39-24-8-9-32(15-22(24)28)26(34)10-17-2-4-19(5-3-17)38-20-6-7-20/h2-5,11-14,20,22,24H,6-10,15-16H2,1H3,(H2,29,35)/t22-,24+/m0/s1. The van der Waals surface area contributed by atoms with Crippen LogP contribution in [-0.4, -0.2) is 77.6 Å². The van der Waals surface area contributed by atoms with Crippen molar-refractivity contribution in [2.45, 2.75) is 49.9 Å². The molecular weight excluding hydrogens is 541 g/mol. The van der Waals surface area contributed by atoms with Crippen LogP contribution in [0.3, 0.4) is 0 Å². The number of hydrogen-bond acceptors (Lipinski definition) is 8. The number of carbonyl (C=O) groups is 2. The predicted molar refractivity (Wildman–Crippen MR) is 143 cm³/mol. The molecule has 13 heteroatoms. The van der Waals surface area contributed by atoms with Crippen molar-refractivity contribution in [3.63, 3.8) is 0 Å². The summed E-state index contributed by atoms with van der Waals surface area (Å²) in [5.41, 5.74) is 7.18. The third kappa shape index (κ3) is 6.95. The van der Waals surface area contributed by atoms with Crippen LogP contribution >= 0.6 is 0 Å². The van der Waals surface area contributed by atoms with Gasteiger partial charge in [-0.15, -0.1) is 0 Å². The van der Waals surface area contributed by atoms with E-state index in [1.165, 1.54) is 34.2 Å². The van der Waals surface area contributed by atoms with E-state index in [2.05, 4.69) is 10.1 Å². The van der Waals surface area contributed by atoms with E-state index in [0.717, 1.165) is 30.4 Å². The Kier molecular flexibility index (Phi) is 7.74. The van der Waals surface area contributed by atoms with Gasteiger partial charge in [0.2, 0.25) is 5.91 Å². The van der Waals surface area contributed by atoms with Crippen LogP contribution in [0.2, 0.25) is 0 Å². The number of hydrogen-bond donors (Lipinski definition) is 1. The van der Waals surface area contributed by atoms with Gasteiger partial charge in [-0.25, -0.2) is 12.8 Å². The van der Waals surface area contributed by atoms with Gasteiger partial charge >= 0.3 is 0 Å². The van der Waals surface area contributed by atoms with Gasteiger partial charge in [-0.3, -0.25) is 19.3 Å². The van der Waals surface area contributed by atoms with E-state index in [0.29, 0.717) is 23.9 Å². The summed E-state index contributed by atoms with van der Waals surface area (Å²) in [6.45, 7) is 0.160. The Morgan fingerprint density at radius 1 is 1.12 bits per heavy atom. The Bertz CT molecular complexity index is 1510. The van der Waals surface area contributed by atoms with Crippen LogP contribution < -0.4 is 15.2 Å². The topological polar surface area (TPSA) is 147 Å². The number of halogens is 1. The van der Waals surface area contributed by atoms with Gasteiger partial charge in [0.25, 0.3) is 5.91 Å². The fraction of sp³-hybridized carbons (Fsp3) is 0.407. The predicted octanol–water partition coefficient (Wildman–Crippen LogP) is 2.15. The van der Waals surface area contributed by atoms with Crippen molar-refractivity contribution in [3.05, 3.63) is 60.0 Å². The van der Waals surface area contributed by atoms with E-state index >= 15 is 4.39 Å². The van der Waals surface area contributed by atoms with Gasteiger partial charge < -0.3 is 20.1 Å². The smallest absolute Gasteiger partial charge is 0.252 e. The third-order valence-corrected chi connectivity index (χ3v) is 7.38. The van der Waals surface area contributed by atoms with Crippen LogP contribution in [0, 0.1) is 0 Å². The number of pyridine rings is 1. The number of aromatic nitrogens is 3. The summed E-state index contributed by atoms with van der Waals surface area (Å²) >= 11 is 0. The number of carbonyl (C=O) groups excluding carboxylic acids is 2. The number of likely N-dealkylation sites (tertiary alicyclic amines) is 1. The summed E-state index contributed by atoms with van der Waals surface area (Å²) in [6.07, 6.45) is 5.69. The molecule has 40 heavy (non-hydrogen) atoms. The van der Waals surface area contributed by atoms with Gasteiger partial charge in [0.05, 0.1) is 42.7 Å². The van der Waals surface area contributed by atoms with Gasteiger partial charge in [-0.2, -0.15) is 5.10 Å². The molecule has 2 atom stereocenters. The maximum Gasteiger partial charge on any atom is 0.252 e. The lowest BCUT2D eigenvalue weighted by molar-refractivity contribution is -0.134. The molecule has 0 unspecified atom stereocenters. The van der Waals surface area contributed by atoms with E-state index in [4.69, 9.17) is 15.2 Å². The molecule has 2 aromatic heterocycles. The van der Waals surface area contributed by atoms with E-state index in [1.807, 2.05) is 24.3 Å². The number of piperidine rings is 1. The quantitative estimate of drug-likeness (QED) is 0.389. The lowest BCUT2D eigenvalue weighted by Gasteiger charge is -2.35. The second-order valence-electron chi connectivity index (χ2n) is 10.2. The molecule has 11 nitrogen and oxygen atoms in total. The van der Waals surface area contributed by atoms with Gasteiger partial charge in [-0.05, 0) is 36.6 Å². The largest absolute Gasteiger partial charge is 0.490 e. The van der Waals surface area contributed by atoms with E-state index in [1.54, 1.807) is 0 Å². The fourth-order valence-corrected chi connectivity index (χ4v) is 5.07. The molecule has 0 bridgehead atoms. The zero-order valence-electron chi connectivity index (χ0n) is 21.9. The zero-order chi connectivity index (χ0) is 28.4. The first kappa shape index (κ1) is 27.6. The number of nitrogens with two attached hydrogens (primary N) is 1. The Morgan fingerprint density at radius 2 is 1.88 bits per heavy atom. The number of amides is 2. The van der Waals surface area contributed by atoms with Crippen molar-refractivity contribution < 1.29 is 31.9 Å². The third-order valence-electron chi connectivity index (χ3n) is 6.65. The molecule has 1 aliphatic carbocycles. The second kappa shape index (κ2) is 11.2. The Morgan fingerprint density at radius 3 is 2.52 bits per heavy atom. The first-order valence-electron chi connectivity index (χ1n) is 12.9. The molecule has 0 radical (unpaired) electrons. The number of sulfone groups is 1. The monoisotopic (exact) mass is 571 g/mol. The van der Waals surface area contributed by atoms with Crippen LogP contribution in [0.4, 0.5) is 4.39 Å². The SMILES string of the molecule is CS(=O)(=O)Cn1cc(-c2cc(C(N)=O)c(O[C@@H]3CCN(C(=O)Cc4ccc(OC5CC5)cc4)C[C@@H]3F)cn2)cn1. The molecule has 3 aromatic rings. The van der Waals surface area contributed by atoms with Crippen LogP contribution in [0.1, 0.15) is 35.2 Å². The highest BCUT2D eigenvalue weighted by atomic mass is 32.2. The van der Waals surface area contributed by atoms with Crippen LogP contribution in [0.25, 0.3) is 11.3 Å².